The van der Waals surface area contributed by atoms with Gasteiger partial charge >= 0.3 is 0 Å². The van der Waals surface area contributed by atoms with E-state index in [1.165, 1.54) is 0 Å². The van der Waals surface area contributed by atoms with Crippen molar-refractivity contribution < 1.29 is 0 Å². The lowest BCUT2D eigenvalue weighted by Gasteiger charge is -2.09. The lowest BCUT2D eigenvalue weighted by molar-refractivity contribution is 0.403. The van der Waals surface area contributed by atoms with Crippen molar-refractivity contribution in [2.24, 2.45) is 27.3 Å². The molecule has 0 atom stereocenters. The van der Waals surface area contributed by atoms with Crippen molar-refractivity contribution >= 4 is 23.0 Å². The second kappa shape index (κ2) is 15.6. The highest BCUT2D eigenvalue weighted by Crippen LogP contribution is 2.13. The minimum absolute atomic E-state index is 0.525. The highest BCUT2D eigenvalue weighted by molar-refractivity contribution is 6.02. The zero-order chi connectivity index (χ0) is 24.6. The normalized spacial score (nSPS) is 12.0. The van der Waals surface area contributed by atoms with Crippen LogP contribution < -0.4 is 28.5 Å². The summed E-state index contributed by atoms with van der Waals surface area (Å²) in [6.45, 7) is 3.48. The smallest absolute Gasteiger partial charge is 0.127 e. The number of nitrogens with zero attached hydrogens (tertiary/aromatic N) is 4. The maximum atomic E-state index is 5.93. The van der Waals surface area contributed by atoms with Gasteiger partial charge in [0, 0.05) is 29.9 Å². The molecule has 0 bridgehead atoms. The average molecular weight is 456 g/mol. The first-order chi connectivity index (χ1) is 15.8. The minimum Gasteiger partial charge on any atom is -0.398 e. The van der Waals surface area contributed by atoms with Gasteiger partial charge in [-0.3, -0.25) is 15.8 Å². The molecule has 0 fully saturated rings. The van der Waals surface area contributed by atoms with Gasteiger partial charge in [0.2, 0.25) is 0 Å². The summed E-state index contributed by atoms with van der Waals surface area (Å²) in [5.41, 5.74) is 23.4. The topological polar surface area (TPSA) is 147 Å². The molecule has 9 N–H and O–H groups in total. The first kappa shape index (κ1) is 27.9. The fraction of sp³-hybridized carbons (Fsp3) is 0.417. The van der Waals surface area contributed by atoms with Crippen molar-refractivity contribution in [2.45, 2.75) is 12.8 Å². The monoisotopic (exact) mass is 455 g/mol. The van der Waals surface area contributed by atoms with Crippen LogP contribution in [0.2, 0.25) is 0 Å². The van der Waals surface area contributed by atoms with Crippen LogP contribution in [0, 0.1) is 0 Å². The number of aliphatic imine (C=N–C) groups is 2. The fourth-order valence-corrected chi connectivity index (χ4v) is 2.91. The van der Waals surface area contributed by atoms with Gasteiger partial charge in [-0.2, -0.15) is 0 Å². The number of nitrogen functional groups attached to an aromatic ring is 2. The zero-order valence-electron chi connectivity index (χ0n) is 20.5. The molecule has 0 saturated carbocycles. The van der Waals surface area contributed by atoms with Crippen molar-refractivity contribution in [3.05, 3.63) is 59.7 Å². The molecule has 9 nitrogen and oxygen atoms in total. The van der Waals surface area contributed by atoms with Gasteiger partial charge < -0.3 is 32.4 Å². The van der Waals surface area contributed by atoms with Gasteiger partial charge in [0.05, 0.1) is 5.69 Å². The van der Waals surface area contributed by atoms with Gasteiger partial charge in [0.15, 0.2) is 0 Å². The number of amidine groups is 2. The lowest BCUT2D eigenvalue weighted by atomic mass is 10.1. The van der Waals surface area contributed by atoms with Crippen LogP contribution in [-0.2, 0) is 0 Å². The summed E-state index contributed by atoms with van der Waals surface area (Å²) in [6, 6.07) is 15.1. The zero-order valence-corrected chi connectivity index (χ0v) is 20.5. The summed E-state index contributed by atoms with van der Waals surface area (Å²) in [6.07, 6.45) is 1.99. The van der Waals surface area contributed by atoms with Crippen LogP contribution in [-0.4, -0.2) is 75.8 Å². The second-order valence-corrected chi connectivity index (χ2v) is 8.12. The van der Waals surface area contributed by atoms with E-state index in [9.17, 15) is 0 Å². The number of hydrazine groups is 1. The van der Waals surface area contributed by atoms with Crippen molar-refractivity contribution in [1.29, 1.82) is 0 Å². The van der Waals surface area contributed by atoms with Crippen LogP contribution in [0.4, 0.5) is 11.4 Å². The quantitative estimate of drug-likeness (QED) is 0.0862. The third-order valence-electron chi connectivity index (χ3n) is 4.69. The number of nitrogens with two attached hydrogens (primary N) is 4. The summed E-state index contributed by atoms with van der Waals surface area (Å²) in [4.78, 5) is 12.9. The standard InChI is InChI=1S/C12H21N5.C12H20N4/c1-17(2)9-5-8-15-12(13)10-6-3-4-7-11(10)16-14;1-16(2)9-5-8-15-12(14)10-6-3-4-7-11(10)13/h3-4,6-7,16H,5,8-9,14H2,1-2H3,(H2,13,15);3-4,6-7H,5,8-9,13H2,1-2H3,(H2,14,15). The summed E-state index contributed by atoms with van der Waals surface area (Å²) in [5, 5.41) is 0. The van der Waals surface area contributed by atoms with Crippen molar-refractivity contribution in [3.8, 4) is 0 Å². The van der Waals surface area contributed by atoms with Gasteiger partial charge in [-0.25, -0.2) is 0 Å². The summed E-state index contributed by atoms with van der Waals surface area (Å²) in [7, 11) is 8.17. The maximum Gasteiger partial charge on any atom is 0.127 e. The predicted octanol–water partition coefficient (Wildman–Crippen LogP) is 1.56. The molecule has 0 saturated heterocycles. The molecule has 0 aromatic heterocycles. The maximum absolute atomic E-state index is 5.93. The van der Waals surface area contributed by atoms with Gasteiger partial charge in [-0.1, -0.05) is 24.3 Å². The Labute approximate surface area is 198 Å². The molecule has 33 heavy (non-hydrogen) atoms. The van der Waals surface area contributed by atoms with E-state index in [4.69, 9.17) is 23.0 Å². The number of hydrogen-bond acceptors (Lipinski definition) is 7. The molecule has 0 radical (unpaired) electrons. The van der Waals surface area contributed by atoms with Gasteiger partial charge in [-0.05, 0) is 78.4 Å². The first-order valence-electron chi connectivity index (χ1n) is 11.1. The number of hydrogen-bond donors (Lipinski definition) is 5. The molecule has 2 aromatic carbocycles. The third kappa shape index (κ3) is 11.3. The van der Waals surface area contributed by atoms with E-state index >= 15 is 0 Å². The van der Waals surface area contributed by atoms with Crippen LogP contribution >= 0.6 is 0 Å². The van der Waals surface area contributed by atoms with Crippen LogP contribution in [0.15, 0.2) is 58.5 Å². The Hall–Kier alpha value is -3.14. The van der Waals surface area contributed by atoms with Crippen LogP contribution in [0.1, 0.15) is 24.0 Å². The summed E-state index contributed by atoms with van der Waals surface area (Å²) >= 11 is 0. The molecule has 0 aliphatic rings. The van der Waals surface area contributed by atoms with Gasteiger partial charge in [-0.15, -0.1) is 0 Å². The first-order valence-corrected chi connectivity index (χ1v) is 11.1. The Morgan fingerprint density at radius 3 is 1.70 bits per heavy atom. The predicted molar refractivity (Wildman–Crippen MR) is 143 cm³/mol. The molecular formula is C24H41N9. The van der Waals surface area contributed by atoms with Crippen LogP contribution in [0.3, 0.4) is 0 Å². The lowest BCUT2D eigenvalue weighted by Crippen LogP contribution is -2.19. The third-order valence-corrected chi connectivity index (χ3v) is 4.69. The molecule has 0 aliphatic carbocycles. The van der Waals surface area contributed by atoms with E-state index in [2.05, 4.69) is 25.2 Å². The van der Waals surface area contributed by atoms with Crippen molar-refractivity contribution in [3.63, 3.8) is 0 Å². The average Bonchev–Trinajstić information content (AvgIpc) is 2.79. The molecule has 9 heteroatoms. The van der Waals surface area contributed by atoms with E-state index < -0.39 is 0 Å². The second-order valence-electron chi connectivity index (χ2n) is 8.12. The van der Waals surface area contributed by atoms with E-state index in [0.717, 1.165) is 55.8 Å². The Balaban J connectivity index is 0.000000331. The Kier molecular flexibility index (Phi) is 13.2. The number of benzene rings is 2. The number of para-hydroxylation sites is 2. The van der Waals surface area contributed by atoms with E-state index in [1.54, 1.807) is 0 Å². The minimum atomic E-state index is 0.525. The largest absolute Gasteiger partial charge is 0.398 e. The molecule has 0 unspecified atom stereocenters. The van der Waals surface area contributed by atoms with Gasteiger partial charge in [0.25, 0.3) is 0 Å². The molecule has 0 spiro atoms. The molecule has 0 aliphatic heterocycles. The van der Waals surface area contributed by atoms with Crippen molar-refractivity contribution in [2.75, 3.05) is 65.5 Å². The molecular weight excluding hydrogens is 414 g/mol. The van der Waals surface area contributed by atoms with E-state index in [0.29, 0.717) is 17.4 Å². The molecule has 182 valence electrons. The van der Waals surface area contributed by atoms with Crippen molar-refractivity contribution in [1.82, 2.24) is 9.80 Å². The Morgan fingerprint density at radius 2 is 1.21 bits per heavy atom. The van der Waals surface area contributed by atoms with E-state index in [-0.39, 0.29) is 0 Å². The number of anilines is 2. The Bertz CT molecular complexity index is 876. The molecule has 0 amide bonds. The highest BCUT2D eigenvalue weighted by Gasteiger charge is 2.04. The number of nitrogens with one attached hydrogen (secondary N) is 1. The Morgan fingerprint density at radius 1 is 0.758 bits per heavy atom. The molecule has 2 aromatic rings. The fourth-order valence-electron chi connectivity index (χ4n) is 2.91. The summed E-state index contributed by atoms with van der Waals surface area (Å²) in [5.74, 6) is 6.47. The highest BCUT2D eigenvalue weighted by atomic mass is 15.2. The van der Waals surface area contributed by atoms with Crippen LogP contribution in [0.5, 0.6) is 0 Å². The van der Waals surface area contributed by atoms with E-state index in [1.807, 2.05) is 76.7 Å². The SMILES string of the molecule is CN(C)CCCN=C(N)c1ccccc1N.CN(C)CCCN=C(N)c1ccccc1NN. The molecule has 2 rings (SSSR count). The van der Waals surface area contributed by atoms with Crippen LogP contribution in [0.25, 0.3) is 0 Å². The van der Waals surface area contributed by atoms with Gasteiger partial charge in [0.1, 0.15) is 11.7 Å². The summed E-state index contributed by atoms with van der Waals surface area (Å²) < 4.78 is 0. The molecule has 0 heterocycles. The number of rotatable bonds is 11.